The van der Waals surface area contributed by atoms with Crippen molar-refractivity contribution in [2.24, 2.45) is 11.8 Å². The Morgan fingerprint density at radius 2 is 1.45 bits per heavy atom. The van der Waals surface area contributed by atoms with Crippen LogP contribution in [0.25, 0.3) is 0 Å². The fraction of sp³-hybridized carbons (Fsp3) is 0.688. The topological polar surface area (TPSA) is 9.23 Å². The van der Waals surface area contributed by atoms with Crippen molar-refractivity contribution in [1.29, 1.82) is 0 Å². The van der Waals surface area contributed by atoms with Crippen LogP contribution in [0, 0.1) is 11.8 Å². The minimum absolute atomic E-state index is 0.483. The van der Waals surface area contributed by atoms with Crippen LogP contribution < -0.4 is 0 Å². The number of rotatable bonds is 9. The smallest absolute Gasteiger partial charge is 0.0571 e. The first-order valence-corrected chi connectivity index (χ1v) is 14.2. The van der Waals surface area contributed by atoms with Gasteiger partial charge in [0, 0.05) is 13.0 Å². The molecular formula is C32H48O. The highest BCUT2D eigenvalue weighted by atomic mass is 16.5. The molecule has 0 saturated heterocycles. The molecular weight excluding hydrogens is 400 g/mol. The highest BCUT2D eigenvalue weighted by Gasteiger charge is 2.27. The largest absolute Gasteiger partial charge is 0.381 e. The van der Waals surface area contributed by atoms with Gasteiger partial charge in [-0.2, -0.15) is 0 Å². The molecule has 1 atom stereocenters. The molecule has 1 aromatic carbocycles. The van der Waals surface area contributed by atoms with E-state index in [1.54, 1.807) is 11.1 Å². The highest BCUT2D eigenvalue weighted by molar-refractivity contribution is 5.40. The Balaban J connectivity index is 1.33. The molecule has 0 amide bonds. The normalized spacial score (nSPS) is 30.6. The lowest BCUT2D eigenvalue weighted by Gasteiger charge is -2.32. The first-order chi connectivity index (χ1) is 16.2. The van der Waals surface area contributed by atoms with E-state index in [1.807, 2.05) is 7.11 Å². The van der Waals surface area contributed by atoms with Crippen LogP contribution in [0.1, 0.15) is 127 Å². The predicted octanol–water partition coefficient (Wildman–Crippen LogP) is 9.50. The Bertz CT molecular complexity index is 769. The van der Waals surface area contributed by atoms with Gasteiger partial charge in [0.2, 0.25) is 0 Å². The summed E-state index contributed by atoms with van der Waals surface area (Å²) in [7, 11) is 1.86. The van der Waals surface area contributed by atoms with Gasteiger partial charge in [0.25, 0.3) is 0 Å². The van der Waals surface area contributed by atoms with Gasteiger partial charge in [0.15, 0.2) is 0 Å². The van der Waals surface area contributed by atoms with Gasteiger partial charge in [-0.25, -0.2) is 0 Å². The molecule has 0 radical (unpaired) electrons. The molecule has 1 unspecified atom stereocenters. The van der Waals surface area contributed by atoms with Gasteiger partial charge in [0.05, 0.1) is 6.10 Å². The molecule has 0 aromatic heterocycles. The van der Waals surface area contributed by atoms with E-state index in [-0.39, 0.29) is 0 Å². The van der Waals surface area contributed by atoms with Crippen molar-refractivity contribution in [2.45, 2.75) is 122 Å². The lowest BCUT2D eigenvalue weighted by molar-refractivity contribution is 0.0658. The Labute approximate surface area is 204 Å². The molecule has 33 heavy (non-hydrogen) atoms. The number of ether oxygens (including phenoxy) is 1. The fourth-order valence-electron chi connectivity index (χ4n) is 6.86. The Morgan fingerprint density at radius 1 is 0.788 bits per heavy atom. The van der Waals surface area contributed by atoms with Crippen LogP contribution in [0.4, 0.5) is 0 Å². The van der Waals surface area contributed by atoms with Gasteiger partial charge in [-0.05, 0) is 98.7 Å². The average molecular weight is 449 g/mol. The fourth-order valence-corrected chi connectivity index (χ4v) is 6.86. The number of hydrogen-bond donors (Lipinski definition) is 0. The average Bonchev–Trinajstić information content (AvgIpc) is 2.89. The van der Waals surface area contributed by atoms with Crippen LogP contribution in [0.15, 0.2) is 47.6 Å². The Morgan fingerprint density at radius 3 is 2.09 bits per heavy atom. The lowest BCUT2D eigenvalue weighted by atomic mass is 9.73. The molecule has 0 N–H and O–H groups in total. The number of methoxy groups -OCH3 is 1. The number of allylic oxidation sites excluding steroid dienone is 4. The third kappa shape index (κ3) is 6.41. The maximum atomic E-state index is 5.56. The van der Waals surface area contributed by atoms with E-state index in [2.05, 4.69) is 50.3 Å². The standard InChI is InChI=1S/C32H48O/c1-4-6-7-8-24-9-11-28(12-10-24)30-19-22-32(25(5-2)23-30)29-15-13-26(14-16-29)27-17-20-31(33-3)21-18-27/h13-16,19,23-24,27-28,31-32H,4-12,17-18,20-22H2,1-3H3. The van der Waals surface area contributed by atoms with E-state index in [9.17, 15) is 0 Å². The van der Waals surface area contributed by atoms with Crippen LogP contribution in [0.2, 0.25) is 0 Å². The van der Waals surface area contributed by atoms with Gasteiger partial charge in [-0.1, -0.05) is 81.5 Å². The zero-order chi connectivity index (χ0) is 23.0. The summed E-state index contributed by atoms with van der Waals surface area (Å²) in [5, 5.41) is 0. The molecule has 1 heteroatoms. The van der Waals surface area contributed by atoms with E-state index in [0.717, 1.165) is 17.8 Å². The second kappa shape index (κ2) is 12.4. The van der Waals surface area contributed by atoms with E-state index in [1.165, 1.54) is 101 Å². The van der Waals surface area contributed by atoms with Crippen LogP contribution in [0.5, 0.6) is 0 Å². The summed E-state index contributed by atoms with van der Waals surface area (Å²) < 4.78 is 5.56. The molecule has 3 aliphatic rings. The van der Waals surface area contributed by atoms with Gasteiger partial charge in [0.1, 0.15) is 0 Å². The van der Waals surface area contributed by atoms with E-state index in [4.69, 9.17) is 4.74 Å². The van der Waals surface area contributed by atoms with Crippen molar-refractivity contribution in [3.8, 4) is 0 Å². The lowest BCUT2D eigenvalue weighted by Crippen LogP contribution is -2.19. The van der Waals surface area contributed by atoms with Crippen molar-refractivity contribution in [3.63, 3.8) is 0 Å². The molecule has 0 bridgehead atoms. The van der Waals surface area contributed by atoms with Gasteiger partial charge in [-0.15, -0.1) is 0 Å². The maximum absolute atomic E-state index is 5.56. The monoisotopic (exact) mass is 448 g/mol. The van der Waals surface area contributed by atoms with Crippen molar-refractivity contribution in [2.75, 3.05) is 7.11 Å². The predicted molar refractivity (Wildman–Crippen MR) is 142 cm³/mol. The third-order valence-corrected chi connectivity index (χ3v) is 9.15. The van der Waals surface area contributed by atoms with Crippen molar-refractivity contribution in [3.05, 3.63) is 58.7 Å². The number of hydrogen-bond acceptors (Lipinski definition) is 1. The third-order valence-electron chi connectivity index (χ3n) is 9.15. The number of benzene rings is 1. The Hall–Kier alpha value is -1.34. The molecule has 2 fully saturated rings. The molecule has 0 aliphatic heterocycles. The van der Waals surface area contributed by atoms with Gasteiger partial charge >= 0.3 is 0 Å². The Kier molecular flexibility index (Phi) is 9.30. The van der Waals surface area contributed by atoms with Crippen molar-refractivity contribution < 1.29 is 4.74 Å². The van der Waals surface area contributed by atoms with Crippen LogP contribution in [-0.4, -0.2) is 13.2 Å². The van der Waals surface area contributed by atoms with Gasteiger partial charge in [-0.3, -0.25) is 0 Å². The molecule has 0 spiro atoms. The maximum Gasteiger partial charge on any atom is 0.0571 e. The van der Waals surface area contributed by atoms with E-state index < -0.39 is 0 Å². The molecule has 1 aromatic rings. The quantitative estimate of drug-likeness (QED) is 0.342. The summed E-state index contributed by atoms with van der Waals surface area (Å²) in [4.78, 5) is 0. The van der Waals surface area contributed by atoms with Crippen LogP contribution >= 0.6 is 0 Å². The van der Waals surface area contributed by atoms with Gasteiger partial charge < -0.3 is 4.74 Å². The minimum atomic E-state index is 0.483. The molecule has 0 heterocycles. The van der Waals surface area contributed by atoms with Crippen LogP contribution in [-0.2, 0) is 4.74 Å². The van der Waals surface area contributed by atoms with Crippen LogP contribution in [0.3, 0.4) is 0 Å². The summed E-state index contributed by atoms with van der Waals surface area (Å²) >= 11 is 0. The molecule has 2 saturated carbocycles. The highest BCUT2D eigenvalue weighted by Crippen LogP contribution is 2.42. The SMILES string of the molecule is CCCCCC1CCC(C2=CCC(c3ccc(C4CCC(OC)CC4)cc3)C(CC)=C2)CC1. The van der Waals surface area contributed by atoms with Crippen molar-refractivity contribution in [1.82, 2.24) is 0 Å². The van der Waals surface area contributed by atoms with E-state index >= 15 is 0 Å². The summed E-state index contributed by atoms with van der Waals surface area (Å²) in [6, 6.07) is 9.73. The molecule has 1 nitrogen and oxygen atoms in total. The number of unbranched alkanes of at least 4 members (excludes halogenated alkanes) is 2. The molecule has 182 valence electrons. The second-order valence-corrected chi connectivity index (χ2v) is 11.2. The molecule has 4 rings (SSSR count). The van der Waals surface area contributed by atoms with E-state index in [0.29, 0.717) is 12.0 Å². The zero-order valence-electron chi connectivity index (χ0n) is 21.7. The first-order valence-electron chi connectivity index (χ1n) is 14.2. The summed E-state index contributed by atoms with van der Waals surface area (Å²) in [5.74, 6) is 3.13. The minimum Gasteiger partial charge on any atom is -0.381 e. The first kappa shape index (κ1) is 24.8. The summed E-state index contributed by atoms with van der Waals surface area (Å²) in [6.07, 6.45) is 24.5. The zero-order valence-corrected chi connectivity index (χ0v) is 21.7. The summed E-state index contributed by atoms with van der Waals surface area (Å²) in [5.41, 5.74) is 6.39. The second-order valence-electron chi connectivity index (χ2n) is 11.2. The molecule has 3 aliphatic carbocycles. The summed E-state index contributed by atoms with van der Waals surface area (Å²) in [6.45, 7) is 4.68. The van der Waals surface area contributed by atoms with Crippen molar-refractivity contribution >= 4 is 0 Å².